The molecule has 0 atom stereocenters. The molecule has 3 aromatic carbocycles. The lowest BCUT2D eigenvalue weighted by molar-refractivity contribution is 0.287. The third-order valence-electron chi connectivity index (χ3n) is 9.82. The summed E-state index contributed by atoms with van der Waals surface area (Å²) in [7, 11) is 0. The smallest absolute Gasteiger partial charge is 0.200 e. The van der Waals surface area contributed by atoms with Gasteiger partial charge in [-0.25, -0.2) is 17.6 Å². The molecule has 8 heteroatoms. The summed E-state index contributed by atoms with van der Waals surface area (Å²) in [6.45, 7) is 4.16. The van der Waals surface area contributed by atoms with Crippen LogP contribution < -0.4 is 9.47 Å². The van der Waals surface area contributed by atoms with Crippen molar-refractivity contribution in [3.63, 3.8) is 0 Å². The molecule has 0 aliphatic heterocycles. The van der Waals surface area contributed by atoms with Crippen LogP contribution in [-0.2, 0) is 6.42 Å². The van der Waals surface area contributed by atoms with Gasteiger partial charge in [0, 0.05) is 0 Å². The second-order valence-electron chi connectivity index (χ2n) is 12.6. The average molecular weight is 633 g/mol. The number of hydrogen-bond acceptors (Lipinski definition) is 2. The van der Waals surface area contributed by atoms with Crippen molar-refractivity contribution in [1.29, 1.82) is 0 Å². The normalized spacial score (nSPS) is 22.0. The van der Waals surface area contributed by atoms with Gasteiger partial charge in [0.1, 0.15) is 0 Å². The summed E-state index contributed by atoms with van der Waals surface area (Å²) < 4.78 is 99.4. The monoisotopic (exact) mass is 632 g/mol. The van der Waals surface area contributed by atoms with Crippen LogP contribution in [0.1, 0.15) is 118 Å². The zero-order valence-electron chi connectivity index (χ0n) is 26.1. The number of halogens is 6. The minimum atomic E-state index is -0.986. The van der Waals surface area contributed by atoms with E-state index in [1.165, 1.54) is 12.1 Å². The van der Waals surface area contributed by atoms with Crippen molar-refractivity contribution in [3.8, 4) is 11.5 Å². The van der Waals surface area contributed by atoms with Gasteiger partial charge in [-0.2, -0.15) is 8.78 Å². The standard InChI is InChI=1S/C37H42F6O2/c1-3-21-45-31-20-18-28(35(41)37(31)43)23-8-5-22(6-9-23)7-10-26-15-16-27(33(39)32(26)38)24-11-13-25(14-12-24)29-17-19-30(44-4-2)36(42)34(29)40/h15-20,22-25H,3-14,21H2,1-2H3. The SMILES string of the molecule is CCCOc1ccc(C2CCC(CCc3ccc(C4CCC(c5ccc(OCC)c(F)c5F)CC4)c(F)c3F)CC2)c(F)c1F. The minimum Gasteiger partial charge on any atom is -0.491 e. The molecule has 0 aromatic heterocycles. The molecule has 0 radical (unpaired) electrons. The van der Waals surface area contributed by atoms with Crippen LogP contribution in [0.4, 0.5) is 26.3 Å². The summed E-state index contributed by atoms with van der Waals surface area (Å²) in [5.74, 6) is -5.61. The molecule has 5 rings (SSSR count). The molecule has 2 aliphatic rings. The number of hydrogen-bond donors (Lipinski definition) is 0. The molecule has 0 saturated heterocycles. The maximum atomic E-state index is 15.3. The van der Waals surface area contributed by atoms with E-state index in [9.17, 15) is 17.6 Å². The maximum Gasteiger partial charge on any atom is 0.200 e. The highest BCUT2D eigenvalue weighted by Crippen LogP contribution is 2.44. The van der Waals surface area contributed by atoms with E-state index in [2.05, 4.69) is 0 Å². The Morgan fingerprint density at radius 1 is 0.533 bits per heavy atom. The first kappa shape index (κ1) is 33.2. The summed E-state index contributed by atoms with van der Waals surface area (Å²) >= 11 is 0. The van der Waals surface area contributed by atoms with Crippen molar-refractivity contribution < 1.29 is 35.8 Å². The van der Waals surface area contributed by atoms with Crippen molar-refractivity contribution in [1.82, 2.24) is 0 Å². The first-order valence-electron chi connectivity index (χ1n) is 16.4. The molecule has 3 aromatic rings. The molecule has 2 nitrogen and oxygen atoms in total. The van der Waals surface area contributed by atoms with Gasteiger partial charge in [-0.3, -0.25) is 0 Å². The van der Waals surface area contributed by atoms with Crippen molar-refractivity contribution in [2.45, 2.75) is 102 Å². The molecule has 2 aliphatic carbocycles. The molecule has 244 valence electrons. The number of ether oxygens (including phenoxy) is 2. The lowest BCUT2D eigenvalue weighted by Gasteiger charge is -2.30. The topological polar surface area (TPSA) is 18.5 Å². The highest BCUT2D eigenvalue weighted by molar-refractivity contribution is 5.35. The summed E-state index contributed by atoms with van der Waals surface area (Å²) in [5, 5.41) is 0. The Kier molecular flexibility index (Phi) is 11.0. The molecule has 0 unspecified atom stereocenters. The van der Waals surface area contributed by atoms with Gasteiger partial charge in [0.05, 0.1) is 13.2 Å². The summed E-state index contributed by atoms with van der Waals surface area (Å²) in [4.78, 5) is 0. The molecule has 0 bridgehead atoms. The van der Waals surface area contributed by atoms with Gasteiger partial charge >= 0.3 is 0 Å². The van der Waals surface area contributed by atoms with Crippen molar-refractivity contribution in [3.05, 3.63) is 93.6 Å². The van der Waals surface area contributed by atoms with Gasteiger partial charge in [0.15, 0.2) is 34.8 Å². The van der Waals surface area contributed by atoms with Gasteiger partial charge in [-0.15, -0.1) is 0 Å². The summed E-state index contributed by atoms with van der Waals surface area (Å²) in [6, 6.07) is 9.50. The fourth-order valence-corrected chi connectivity index (χ4v) is 7.26. The zero-order chi connectivity index (χ0) is 32.1. The average Bonchev–Trinajstić information content (AvgIpc) is 3.05. The molecule has 0 amide bonds. The third kappa shape index (κ3) is 7.30. The predicted octanol–water partition coefficient (Wildman–Crippen LogP) is 11.1. The van der Waals surface area contributed by atoms with Crippen LogP contribution in [0.3, 0.4) is 0 Å². The lowest BCUT2D eigenvalue weighted by atomic mass is 9.75. The largest absolute Gasteiger partial charge is 0.491 e. The van der Waals surface area contributed by atoms with Crippen LogP contribution in [0.5, 0.6) is 11.5 Å². The van der Waals surface area contributed by atoms with Gasteiger partial charge in [-0.1, -0.05) is 31.2 Å². The quantitative estimate of drug-likeness (QED) is 0.196. The van der Waals surface area contributed by atoms with E-state index in [1.54, 1.807) is 31.2 Å². The molecular weight excluding hydrogens is 590 g/mol. The van der Waals surface area contributed by atoms with E-state index in [-0.39, 0.29) is 35.9 Å². The van der Waals surface area contributed by atoms with Gasteiger partial charge in [-0.05, 0) is 136 Å². The number of benzene rings is 3. The van der Waals surface area contributed by atoms with Crippen LogP contribution in [0.25, 0.3) is 0 Å². The molecule has 0 heterocycles. The van der Waals surface area contributed by atoms with E-state index < -0.39 is 34.9 Å². The van der Waals surface area contributed by atoms with Crippen LogP contribution in [0.2, 0.25) is 0 Å². The molecular formula is C37H42F6O2. The van der Waals surface area contributed by atoms with Gasteiger partial charge in [0.25, 0.3) is 0 Å². The second-order valence-corrected chi connectivity index (χ2v) is 12.6. The fourth-order valence-electron chi connectivity index (χ4n) is 7.26. The molecule has 45 heavy (non-hydrogen) atoms. The Labute approximate surface area is 262 Å². The Hall–Kier alpha value is -3.16. The van der Waals surface area contributed by atoms with E-state index in [4.69, 9.17) is 9.47 Å². The fraction of sp³-hybridized carbons (Fsp3) is 0.514. The predicted molar refractivity (Wildman–Crippen MR) is 163 cm³/mol. The van der Waals surface area contributed by atoms with E-state index in [0.29, 0.717) is 92.6 Å². The van der Waals surface area contributed by atoms with Crippen LogP contribution >= 0.6 is 0 Å². The Bertz CT molecular complexity index is 1460. The Morgan fingerprint density at radius 3 is 1.47 bits per heavy atom. The molecule has 2 saturated carbocycles. The van der Waals surface area contributed by atoms with Crippen LogP contribution in [-0.4, -0.2) is 13.2 Å². The zero-order valence-corrected chi connectivity index (χ0v) is 26.1. The van der Waals surface area contributed by atoms with E-state index >= 15 is 8.78 Å². The molecule has 0 N–H and O–H groups in total. The summed E-state index contributed by atoms with van der Waals surface area (Å²) in [5.41, 5.74) is 1.37. The Morgan fingerprint density at radius 2 is 0.978 bits per heavy atom. The van der Waals surface area contributed by atoms with Crippen LogP contribution in [0.15, 0.2) is 36.4 Å². The molecule has 2 fully saturated rings. The second kappa shape index (κ2) is 15.0. The minimum absolute atomic E-state index is 0.0595. The van der Waals surface area contributed by atoms with Crippen molar-refractivity contribution in [2.75, 3.05) is 13.2 Å². The van der Waals surface area contributed by atoms with Crippen molar-refractivity contribution >= 4 is 0 Å². The molecule has 0 spiro atoms. The highest BCUT2D eigenvalue weighted by Gasteiger charge is 2.31. The summed E-state index contributed by atoms with van der Waals surface area (Å²) in [6.07, 6.45) is 7.04. The first-order valence-corrected chi connectivity index (χ1v) is 16.4. The van der Waals surface area contributed by atoms with Gasteiger partial charge < -0.3 is 9.47 Å². The lowest BCUT2D eigenvalue weighted by Crippen LogP contribution is -2.17. The highest BCUT2D eigenvalue weighted by atomic mass is 19.2. The van der Waals surface area contributed by atoms with E-state index in [0.717, 1.165) is 12.8 Å². The number of rotatable bonds is 11. The maximum absolute atomic E-state index is 15.3. The van der Waals surface area contributed by atoms with Crippen LogP contribution in [0, 0.1) is 40.8 Å². The van der Waals surface area contributed by atoms with Gasteiger partial charge in [0.2, 0.25) is 11.6 Å². The van der Waals surface area contributed by atoms with Crippen molar-refractivity contribution in [2.24, 2.45) is 5.92 Å². The number of aryl methyl sites for hydroxylation is 1. The third-order valence-corrected chi connectivity index (χ3v) is 9.82. The first-order chi connectivity index (χ1) is 21.7. The van der Waals surface area contributed by atoms with E-state index in [1.807, 2.05) is 6.92 Å². The Balaban J connectivity index is 1.14.